The number of anilines is 2. The molecule has 3 aromatic carbocycles. The summed E-state index contributed by atoms with van der Waals surface area (Å²) < 4.78 is 168. The fraction of sp³-hybridized carbons (Fsp3) is 0.312. The Morgan fingerprint density at radius 1 is 0.667 bits per heavy atom. The van der Waals surface area contributed by atoms with Crippen molar-refractivity contribution in [3.8, 4) is 0 Å². The fourth-order valence-corrected chi connectivity index (χ4v) is 5.73. The van der Waals surface area contributed by atoms with Crippen LogP contribution in [0, 0.1) is 23.5 Å². The standard InChI is InChI=1S/C32H19BrF12N2O4/c33-21-13-17(29(36,31(40,41)42)32(43,44)45)12-20(30(37,38)39)24(21)47(27(50)15-6-7-15)28(51)19-2-1-3-22(23(19)35)46(25(48)14-4-5-14)26(49)16-8-10-18(34)11-9-16/h1-3,8-15H,4-7H2. The summed E-state index contributed by atoms with van der Waals surface area (Å²) in [6.45, 7) is 0. The largest absolute Gasteiger partial charge is 0.435 e. The van der Waals surface area contributed by atoms with Crippen LogP contribution in [0.25, 0.3) is 0 Å². The summed E-state index contributed by atoms with van der Waals surface area (Å²) >= 11 is 2.38. The van der Waals surface area contributed by atoms with Crippen LogP contribution in [0.2, 0.25) is 0 Å². The lowest BCUT2D eigenvalue weighted by atomic mass is 9.91. The molecule has 51 heavy (non-hydrogen) atoms. The number of halogens is 13. The molecule has 0 aromatic heterocycles. The summed E-state index contributed by atoms with van der Waals surface area (Å²) in [4.78, 5) is 54.0. The molecule has 0 N–H and O–H groups in total. The first-order valence-electron chi connectivity index (χ1n) is 14.5. The Hall–Kier alpha value is -4.42. The van der Waals surface area contributed by atoms with Gasteiger partial charge in [0.25, 0.3) is 11.8 Å². The highest BCUT2D eigenvalue weighted by Crippen LogP contribution is 2.56. The number of benzene rings is 3. The molecule has 0 aliphatic heterocycles. The van der Waals surface area contributed by atoms with Crippen LogP contribution in [0.4, 0.5) is 64.1 Å². The van der Waals surface area contributed by atoms with Crippen LogP contribution in [-0.2, 0) is 21.4 Å². The first-order valence-corrected chi connectivity index (χ1v) is 15.3. The summed E-state index contributed by atoms with van der Waals surface area (Å²) in [7, 11) is 0. The molecule has 2 saturated carbocycles. The fourth-order valence-electron chi connectivity index (χ4n) is 5.09. The zero-order chi connectivity index (χ0) is 38.0. The topological polar surface area (TPSA) is 74.8 Å². The third kappa shape index (κ3) is 6.95. The number of amides is 4. The molecular weight excluding hydrogens is 784 g/mol. The number of carbonyl (C=O) groups excluding carboxylic acids is 4. The molecule has 2 aliphatic carbocycles. The van der Waals surface area contributed by atoms with Crippen molar-refractivity contribution >= 4 is 50.9 Å². The number of hydrogen-bond acceptors (Lipinski definition) is 4. The number of alkyl halides is 10. The van der Waals surface area contributed by atoms with E-state index in [9.17, 15) is 67.5 Å². The second kappa shape index (κ2) is 13.0. The molecule has 272 valence electrons. The number of rotatable bonds is 7. The maximum Gasteiger partial charge on any atom is 0.435 e. The third-order valence-corrected chi connectivity index (χ3v) is 8.62. The second-order valence-corrected chi connectivity index (χ2v) is 12.5. The van der Waals surface area contributed by atoms with E-state index in [2.05, 4.69) is 15.9 Å². The molecule has 0 unspecified atom stereocenters. The summed E-state index contributed by atoms with van der Waals surface area (Å²) in [6.07, 6.45) is -19.2. The van der Waals surface area contributed by atoms with Gasteiger partial charge in [-0.25, -0.2) is 23.0 Å². The molecule has 2 fully saturated rings. The highest BCUT2D eigenvalue weighted by Gasteiger charge is 2.74. The van der Waals surface area contributed by atoms with E-state index in [1.165, 1.54) is 0 Å². The Labute approximate surface area is 287 Å². The van der Waals surface area contributed by atoms with Crippen LogP contribution in [0.15, 0.2) is 59.1 Å². The van der Waals surface area contributed by atoms with Gasteiger partial charge in [-0.05, 0) is 90.1 Å². The quantitative estimate of drug-likeness (QED) is 0.177. The molecular formula is C32H19BrF12N2O4. The number of imide groups is 2. The monoisotopic (exact) mass is 802 g/mol. The van der Waals surface area contributed by atoms with Crippen molar-refractivity contribution in [3.05, 3.63) is 93.0 Å². The molecule has 0 heterocycles. The molecule has 4 amide bonds. The summed E-state index contributed by atoms with van der Waals surface area (Å²) in [5, 5.41) is 0. The predicted molar refractivity (Wildman–Crippen MR) is 156 cm³/mol. The van der Waals surface area contributed by atoms with Crippen molar-refractivity contribution < 1.29 is 71.9 Å². The van der Waals surface area contributed by atoms with Gasteiger partial charge >= 0.3 is 24.2 Å². The van der Waals surface area contributed by atoms with Crippen LogP contribution in [-0.4, -0.2) is 36.0 Å². The van der Waals surface area contributed by atoms with Gasteiger partial charge in [0.15, 0.2) is 5.82 Å². The Morgan fingerprint density at radius 3 is 1.65 bits per heavy atom. The van der Waals surface area contributed by atoms with E-state index in [4.69, 9.17) is 0 Å². The highest BCUT2D eigenvalue weighted by molar-refractivity contribution is 9.10. The van der Waals surface area contributed by atoms with Crippen LogP contribution in [0.3, 0.4) is 0 Å². The van der Waals surface area contributed by atoms with E-state index in [0.29, 0.717) is 11.0 Å². The van der Waals surface area contributed by atoms with E-state index in [1.54, 1.807) is 0 Å². The normalized spacial score (nSPS) is 15.4. The molecule has 2 aliphatic rings. The van der Waals surface area contributed by atoms with Crippen LogP contribution < -0.4 is 9.80 Å². The summed E-state index contributed by atoms with van der Waals surface area (Å²) in [6, 6.07) is 4.76. The third-order valence-electron chi connectivity index (χ3n) is 8.01. The number of carbonyl (C=O) groups is 4. The second-order valence-electron chi connectivity index (χ2n) is 11.7. The van der Waals surface area contributed by atoms with Gasteiger partial charge in [0, 0.05) is 27.4 Å². The van der Waals surface area contributed by atoms with Crippen molar-refractivity contribution in [1.29, 1.82) is 0 Å². The van der Waals surface area contributed by atoms with E-state index in [1.807, 2.05) is 0 Å². The molecule has 19 heteroatoms. The lowest BCUT2D eigenvalue weighted by Crippen LogP contribution is -2.50. The molecule has 6 nitrogen and oxygen atoms in total. The van der Waals surface area contributed by atoms with Crippen molar-refractivity contribution in [3.63, 3.8) is 0 Å². The minimum atomic E-state index is -6.84. The first-order chi connectivity index (χ1) is 23.5. The maximum atomic E-state index is 16.3. The maximum absolute atomic E-state index is 16.3. The Balaban J connectivity index is 1.70. The van der Waals surface area contributed by atoms with Gasteiger partial charge in [-0.3, -0.25) is 19.2 Å². The molecule has 0 radical (unpaired) electrons. The highest BCUT2D eigenvalue weighted by atomic mass is 79.9. The van der Waals surface area contributed by atoms with Gasteiger partial charge in [0.05, 0.1) is 22.5 Å². The first kappa shape index (κ1) is 37.8. The molecule has 0 saturated heterocycles. The lowest BCUT2D eigenvalue weighted by Gasteiger charge is -2.32. The van der Waals surface area contributed by atoms with Gasteiger partial charge < -0.3 is 0 Å². The minimum Gasteiger partial charge on any atom is -0.274 e. The van der Waals surface area contributed by atoms with Crippen molar-refractivity contribution in [1.82, 2.24) is 0 Å². The lowest BCUT2D eigenvalue weighted by molar-refractivity contribution is -0.348. The molecule has 0 bridgehead atoms. The predicted octanol–water partition coefficient (Wildman–Crippen LogP) is 9.20. The summed E-state index contributed by atoms with van der Waals surface area (Å²) in [5.74, 6) is -10.1. The average molecular weight is 803 g/mol. The molecule has 5 rings (SSSR count). The smallest absolute Gasteiger partial charge is 0.274 e. The molecule has 0 spiro atoms. The minimum absolute atomic E-state index is 0.0340. The van der Waals surface area contributed by atoms with Crippen LogP contribution >= 0.6 is 15.9 Å². The van der Waals surface area contributed by atoms with Gasteiger partial charge in [-0.2, -0.15) is 39.5 Å². The average Bonchev–Trinajstić information content (AvgIpc) is 3.94. The van der Waals surface area contributed by atoms with Gasteiger partial charge in [0.1, 0.15) is 5.82 Å². The Bertz CT molecular complexity index is 1900. The van der Waals surface area contributed by atoms with Crippen molar-refractivity contribution in [2.75, 3.05) is 9.80 Å². The van der Waals surface area contributed by atoms with Crippen molar-refractivity contribution in [2.45, 2.75) is 49.9 Å². The van der Waals surface area contributed by atoms with Crippen LogP contribution in [0.1, 0.15) is 57.5 Å². The molecule has 3 aromatic rings. The van der Waals surface area contributed by atoms with Gasteiger partial charge in [0.2, 0.25) is 11.8 Å². The van der Waals surface area contributed by atoms with Crippen LogP contribution in [0.5, 0.6) is 0 Å². The Morgan fingerprint density at radius 2 is 1.18 bits per heavy atom. The van der Waals surface area contributed by atoms with E-state index in [0.717, 1.165) is 36.4 Å². The zero-order valence-electron chi connectivity index (χ0n) is 25.1. The summed E-state index contributed by atoms with van der Waals surface area (Å²) in [5.41, 5.74) is -15.6. The number of hydrogen-bond donors (Lipinski definition) is 0. The molecule has 0 atom stereocenters. The van der Waals surface area contributed by atoms with E-state index >= 15 is 4.39 Å². The number of nitrogens with zero attached hydrogens (tertiary/aromatic N) is 2. The zero-order valence-corrected chi connectivity index (χ0v) is 26.7. The Kier molecular flexibility index (Phi) is 9.62. The van der Waals surface area contributed by atoms with Gasteiger partial charge in [-0.15, -0.1) is 0 Å². The van der Waals surface area contributed by atoms with E-state index in [-0.39, 0.29) is 42.2 Å². The van der Waals surface area contributed by atoms with Gasteiger partial charge in [-0.1, -0.05) is 6.07 Å². The SMILES string of the molecule is O=C(c1ccc(F)cc1)N(C(=O)C1CC1)c1cccc(C(=O)N(C(=O)C2CC2)c2c(Br)cc(C(F)(C(F)(F)F)C(F)(F)F)cc2C(F)(F)F)c1F. The van der Waals surface area contributed by atoms with Crippen molar-refractivity contribution in [2.24, 2.45) is 11.8 Å². The van der Waals surface area contributed by atoms with E-state index < -0.39 is 110 Å².